The van der Waals surface area contributed by atoms with Crippen molar-refractivity contribution < 1.29 is 4.79 Å². The van der Waals surface area contributed by atoms with Crippen LogP contribution >= 0.6 is 0 Å². The summed E-state index contributed by atoms with van der Waals surface area (Å²) in [4.78, 5) is 26.1. The molecule has 0 saturated heterocycles. The minimum Gasteiger partial charge on any atom is -0.324 e. The van der Waals surface area contributed by atoms with Gasteiger partial charge in [0, 0.05) is 17.1 Å². The summed E-state index contributed by atoms with van der Waals surface area (Å²) in [5.74, 6) is -0.163. The van der Waals surface area contributed by atoms with E-state index in [-0.39, 0.29) is 11.5 Å². The molecule has 1 N–H and O–H groups in total. The van der Waals surface area contributed by atoms with Crippen molar-refractivity contribution in [3.63, 3.8) is 0 Å². The van der Waals surface area contributed by atoms with E-state index in [2.05, 4.69) is 17.4 Å². The average Bonchev–Trinajstić information content (AvgIpc) is 2.62. The molecule has 0 radical (unpaired) electrons. The fraction of sp³-hybridized carbons (Fsp3) is 0.333. The molecule has 28 heavy (non-hydrogen) atoms. The Morgan fingerprint density at radius 1 is 1.00 bits per heavy atom. The van der Waals surface area contributed by atoms with Crippen molar-refractivity contribution in [1.82, 2.24) is 4.57 Å². The Bertz CT molecular complexity index is 1130. The van der Waals surface area contributed by atoms with E-state index in [9.17, 15) is 9.59 Å². The van der Waals surface area contributed by atoms with E-state index >= 15 is 0 Å². The third-order valence-corrected chi connectivity index (χ3v) is 5.55. The van der Waals surface area contributed by atoms with Crippen LogP contribution in [0.3, 0.4) is 0 Å². The molecule has 0 aliphatic carbocycles. The van der Waals surface area contributed by atoms with E-state index in [1.807, 2.05) is 59.7 Å². The summed E-state index contributed by atoms with van der Waals surface area (Å²) in [7, 11) is 0. The monoisotopic (exact) mass is 376 g/mol. The van der Waals surface area contributed by atoms with Crippen LogP contribution in [0.15, 0.2) is 41.2 Å². The van der Waals surface area contributed by atoms with Crippen molar-refractivity contribution in [3.8, 4) is 0 Å². The van der Waals surface area contributed by atoms with Crippen LogP contribution in [0.1, 0.15) is 47.2 Å². The van der Waals surface area contributed by atoms with Crippen LogP contribution in [0.5, 0.6) is 0 Å². The quantitative estimate of drug-likeness (QED) is 0.686. The van der Waals surface area contributed by atoms with Crippen molar-refractivity contribution >= 4 is 22.5 Å². The molecule has 3 rings (SSSR count). The highest BCUT2D eigenvalue weighted by Gasteiger charge is 2.23. The second kappa shape index (κ2) is 7.63. The van der Waals surface area contributed by atoms with Gasteiger partial charge in [-0.15, -0.1) is 0 Å². The number of fused-ring (bicyclic) bond motifs is 1. The van der Waals surface area contributed by atoms with E-state index in [0.717, 1.165) is 44.4 Å². The first-order chi connectivity index (χ1) is 13.2. The van der Waals surface area contributed by atoms with Crippen molar-refractivity contribution in [1.29, 1.82) is 0 Å². The number of aryl methyl sites for hydroxylation is 4. The molecule has 1 unspecified atom stereocenters. The number of amides is 1. The lowest BCUT2D eigenvalue weighted by Gasteiger charge is -2.23. The first-order valence-corrected chi connectivity index (χ1v) is 9.74. The van der Waals surface area contributed by atoms with Gasteiger partial charge in [-0.1, -0.05) is 30.7 Å². The number of nitrogens with zero attached hydrogens (tertiary/aromatic N) is 1. The summed E-state index contributed by atoms with van der Waals surface area (Å²) >= 11 is 0. The van der Waals surface area contributed by atoms with Crippen LogP contribution in [0.4, 0.5) is 5.69 Å². The lowest BCUT2D eigenvalue weighted by Crippen LogP contribution is -2.33. The van der Waals surface area contributed by atoms with Gasteiger partial charge in [0.25, 0.3) is 5.56 Å². The summed E-state index contributed by atoms with van der Waals surface area (Å²) in [6.45, 7) is 11.9. The fourth-order valence-corrected chi connectivity index (χ4v) is 3.92. The van der Waals surface area contributed by atoms with Gasteiger partial charge in [-0.05, 0) is 75.4 Å². The fourth-order valence-electron chi connectivity index (χ4n) is 3.92. The Morgan fingerprint density at radius 2 is 1.71 bits per heavy atom. The molecule has 1 atom stereocenters. The highest BCUT2D eigenvalue weighted by molar-refractivity contribution is 5.96. The first-order valence-electron chi connectivity index (χ1n) is 9.74. The van der Waals surface area contributed by atoms with Crippen LogP contribution in [0.2, 0.25) is 0 Å². The van der Waals surface area contributed by atoms with Gasteiger partial charge in [-0.3, -0.25) is 14.2 Å². The predicted octanol–water partition coefficient (Wildman–Crippen LogP) is 5.13. The number of nitrogens with one attached hydrogen (secondary N) is 1. The molecule has 0 fully saturated rings. The van der Waals surface area contributed by atoms with Gasteiger partial charge in [-0.2, -0.15) is 0 Å². The number of hydrogen-bond donors (Lipinski definition) is 1. The highest BCUT2D eigenvalue weighted by atomic mass is 16.2. The average molecular weight is 377 g/mol. The molecular formula is C24H28N2O2. The van der Waals surface area contributed by atoms with Gasteiger partial charge in [0.1, 0.15) is 6.04 Å². The lowest BCUT2D eigenvalue weighted by molar-refractivity contribution is -0.119. The number of hydrogen-bond acceptors (Lipinski definition) is 2. The molecule has 0 spiro atoms. The Hall–Kier alpha value is -2.88. The summed E-state index contributed by atoms with van der Waals surface area (Å²) < 4.78 is 1.66. The van der Waals surface area contributed by atoms with Crippen molar-refractivity contribution in [3.05, 3.63) is 74.6 Å². The molecule has 2 aromatic carbocycles. The minimum absolute atomic E-state index is 0.139. The van der Waals surface area contributed by atoms with E-state index in [1.54, 1.807) is 10.6 Å². The smallest absolute Gasteiger partial charge is 0.252 e. The topological polar surface area (TPSA) is 51.1 Å². The predicted molar refractivity (Wildman–Crippen MR) is 116 cm³/mol. The lowest BCUT2D eigenvalue weighted by atomic mass is 10.0. The molecule has 4 heteroatoms. The molecule has 4 nitrogen and oxygen atoms in total. The number of carbonyl (C=O) groups is 1. The second-order valence-electron chi connectivity index (χ2n) is 7.67. The van der Waals surface area contributed by atoms with Gasteiger partial charge in [-0.25, -0.2) is 0 Å². The van der Waals surface area contributed by atoms with Gasteiger partial charge in [0.2, 0.25) is 5.91 Å². The maximum Gasteiger partial charge on any atom is 0.252 e. The summed E-state index contributed by atoms with van der Waals surface area (Å²) in [6.07, 6.45) is 0.530. The van der Waals surface area contributed by atoms with Gasteiger partial charge in [0.05, 0.1) is 5.52 Å². The van der Waals surface area contributed by atoms with Crippen LogP contribution < -0.4 is 10.9 Å². The van der Waals surface area contributed by atoms with Crippen molar-refractivity contribution in [2.75, 3.05) is 5.32 Å². The Morgan fingerprint density at radius 3 is 2.39 bits per heavy atom. The molecule has 1 aromatic heterocycles. The third kappa shape index (κ3) is 3.47. The van der Waals surface area contributed by atoms with Crippen LogP contribution in [-0.4, -0.2) is 10.5 Å². The molecule has 0 aliphatic heterocycles. The normalized spacial score (nSPS) is 12.2. The Kier molecular flexibility index (Phi) is 5.41. The zero-order valence-electron chi connectivity index (χ0n) is 17.5. The largest absolute Gasteiger partial charge is 0.324 e. The second-order valence-corrected chi connectivity index (χ2v) is 7.67. The SMILES string of the molecule is CCC(C(=O)Nc1cccc(C)c1C)n1c(=O)cc(C)c2cc(C)cc(C)c21. The highest BCUT2D eigenvalue weighted by Crippen LogP contribution is 2.27. The van der Waals surface area contributed by atoms with Gasteiger partial charge < -0.3 is 5.32 Å². The maximum absolute atomic E-state index is 13.2. The molecule has 146 valence electrons. The molecule has 0 saturated carbocycles. The van der Waals surface area contributed by atoms with Gasteiger partial charge in [0.15, 0.2) is 0 Å². The molecule has 0 aliphatic rings. The zero-order chi connectivity index (χ0) is 20.6. The zero-order valence-corrected chi connectivity index (χ0v) is 17.5. The molecule has 1 amide bonds. The van der Waals surface area contributed by atoms with E-state index < -0.39 is 6.04 Å². The molecule has 0 bridgehead atoms. The first kappa shape index (κ1) is 19.9. The van der Waals surface area contributed by atoms with Gasteiger partial charge >= 0.3 is 0 Å². The number of pyridine rings is 1. The van der Waals surface area contributed by atoms with Crippen LogP contribution in [-0.2, 0) is 4.79 Å². The molecule has 1 heterocycles. The van der Waals surface area contributed by atoms with Crippen molar-refractivity contribution in [2.45, 2.75) is 54.0 Å². The van der Waals surface area contributed by atoms with Crippen molar-refractivity contribution in [2.24, 2.45) is 0 Å². The number of benzene rings is 2. The Balaban J connectivity index is 2.15. The van der Waals surface area contributed by atoms with E-state index in [1.165, 1.54) is 0 Å². The summed E-state index contributed by atoms with van der Waals surface area (Å²) in [6, 6.07) is 11.1. The Labute approximate surface area is 166 Å². The summed E-state index contributed by atoms with van der Waals surface area (Å²) in [5, 5.41) is 4.06. The minimum atomic E-state index is -0.572. The third-order valence-electron chi connectivity index (χ3n) is 5.55. The molecule has 3 aromatic rings. The maximum atomic E-state index is 13.2. The van der Waals surface area contributed by atoms with E-state index in [4.69, 9.17) is 0 Å². The van der Waals surface area contributed by atoms with Crippen LogP contribution in [0, 0.1) is 34.6 Å². The summed E-state index contributed by atoms with van der Waals surface area (Å²) in [5.41, 5.74) is 6.75. The van der Waals surface area contributed by atoms with E-state index in [0.29, 0.717) is 6.42 Å². The number of anilines is 1. The molecular weight excluding hydrogens is 348 g/mol. The number of aromatic nitrogens is 1. The standard InChI is InChI=1S/C24H28N2O2/c1-7-21(24(28)25-20-10-8-9-15(3)18(20)6)26-22(27)13-16(4)19-12-14(2)11-17(5)23(19)26/h8-13,21H,7H2,1-6H3,(H,25,28). The number of carbonyl (C=O) groups excluding carboxylic acids is 1. The number of rotatable bonds is 4. The van der Waals surface area contributed by atoms with Crippen LogP contribution in [0.25, 0.3) is 10.9 Å².